The molecule has 0 aromatic heterocycles. The molecule has 1 saturated heterocycles. The lowest BCUT2D eigenvalue weighted by molar-refractivity contribution is -0.142. The number of benzene rings is 1. The summed E-state index contributed by atoms with van der Waals surface area (Å²) in [5.41, 5.74) is 6.62. The van der Waals surface area contributed by atoms with Gasteiger partial charge in [0.1, 0.15) is 0 Å². The standard InChI is InChI=1S/C15H19ClN2O3/c1-21-14(19)9-11-4-2-3-7-18(11)15(20)10-5-6-12(16)13(17)8-10/h5-6,8,11H,2-4,7,9,17H2,1H3. The molecule has 1 aromatic carbocycles. The van der Waals surface area contributed by atoms with Gasteiger partial charge in [-0.1, -0.05) is 11.6 Å². The van der Waals surface area contributed by atoms with Crippen LogP contribution < -0.4 is 5.73 Å². The molecule has 21 heavy (non-hydrogen) atoms. The fraction of sp³-hybridized carbons (Fsp3) is 0.467. The zero-order chi connectivity index (χ0) is 15.4. The number of carbonyl (C=O) groups is 2. The number of ether oxygens (including phenoxy) is 1. The highest BCUT2D eigenvalue weighted by molar-refractivity contribution is 6.33. The predicted molar refractivity (Wildman–Crippen MR) is 81.2 cm³/mol. The average Bonchev–Trinajstić information content (AvgIpc) is 2.49. The molecule has 6 heteroatoms. The topological polar surface area (TPSA) is 72.6 Å². The molecule has 1 heterocycles. The number of hydrogen-bond acceptors (Lipinski definition) is 4. The Balaban J connectivity index is 2.17. The maximum Gasteiger partial charge on any atom is 0.307 e. The molecule has 1 aliphatic rings. The van der Waals surface area contributed by atoms with Gasteiger partial charge in [-0.25, -0.2) is 0 Å². The van der Waals surface area contributed by atoms with E-state index in [-0.39, 0.29) is 24.3 Å². The highest BCUT2D eigenvalue weighted by Crippen LogP contribution is 2.25. The summed E-state index contributed by atoms with van der Waals surface area (Å²) in [7, 11) is 1.36. The minimum atomic E-state index is -0.296. The van der Waals surface area contributed by atoms with Crippen LogP contribution in [0.3, 0.4) is 0 Å². The second-order valence-corrected chi connectivity index (χ2v) is 5.57. The summed E-state index contributed by atoms with van der Waals surface area (Å²) < 4.78 is 4.71. The maximum absolute atomic E-state index is 12.6. The number of carbonyl (C=O) groups excluding carboxylic acids is 2. The maximum atomic E-state index is 12.6. The summed E-state index contributed by atoms with van der Waals surface area (Å²) in [5, 5.41) is 0.427. The van der Waals surface area contributed by atoms with Crippen LogP contribution in [0.1, 0.15) is 36.0 Å². The first-order valence-corrected chi connectivity index (χ1v) is 7.33. The van der Waals surface area contributed by atoms with Crippen LogP contribution in [0.5, 0.6) is 0 Å². The molecule has 0 aliphatic carbocycles. The van der Waals surface area contributed by atoms with Gasteiger partial charge in [0.2, 0.25) is 0 Å². The average molecular weight is 311 g/mol. The van der Waals surface area contributed by atoms with E-state index in [9.17, 15) is 9.59 Å². The largest absolute Gasteiger partial charge is 0.469 e. The van der Waals surface area contributed by atoms with Crippen molar-refractivity contribution in [1.82, 2.24) is 4.90 Å². The first-order valence-electron chi connectivity index (χ1n) is 6.95. The Morgan fingerprint density at radius 1 is 1.43 bits per heavy atom. The van der Waals surface area contributed by atoms with Gasteiger partial charge in [-0.2, -0.15) is 0 Å². The lowest BCUT2D eigenvalue weighted by Crippen LogP contribution is -2.44. The number of likely N-dealkylation sites (tertiary alicyclic amines) is 1. The van der Waals surface area contributed by atoms with Crippen LogP contribution in [0, 0.1) is 0 Å². The quantitative estimate of drug-likeness (QED) is 0.687. The third kappa shape index (κ3) is 3.67. The zero-order valence-corrected chi connectivity index (χ0v) is 12.7. The van der Waals surface area contributed by atoms with Gasteiger partial charge in [-0.15, -0.1) is 0 Å². The second-order valence-electron chi connectivity index (χ2n) is 5.16. The number of esters is 1. The number of nitrogen functional groups attached to an aromatic ring is 1. The molecule has 1 aliphatic heterocycles. The molecule has 2 rings (SSSR count). The molecule has 114 valence electrons. The van der Waals surface area contributed by atoms with Crippen LogP contribution in [0.4, 0.5) is 5.69 Å². The molecule has 1 amide bonds. The molecule has 1 fully saturated rings. The first-order chi connectivity index (χ1) is 10.0. The third-order valence-electron chi connectivity index (χ3n) is 3.76. The molecule has 5 nitrogen and oxygen atoms in total. The van der Waals surface area contributed by atoms with Crippen LogP contribution in [-0.4, -0.2) is 36.5 Å². The Bertz CT molecular complexity index is 548. The van der Waals surface area contributed by atoms with Gasteiger partial charge < -0.3 is 15.4 Å². The van der Waals surface area contributed by atoms with E-state index in [1.807, 2.05) is 0 Å². The van der Waals surface area contributed by atoms with Crippen molar-refractivity contribution in [3.05, 3.63) is 28.8 Å². The SMILES string of the molecule is COC(=O)CC1CCCCN1C(=O)c1ccc(Cl)c(N)c1. The van der Waals surface area contributed by atoms with Gasteiger partial charge in [0, 0.05) is 18.2 Å². The molecule has 1 unspecified atom stereocenters. The predicted octanol–water partition coefficient (Wildman–Crippen LogP) is 2.48. The van der Waals surface area contributed by atoms with E-state index in [1.165, 1.54) is 7.11 Å². The summed E-state index contributed by atoms with van der Waals surface area (Å²) in [6.07, 6.45) is 2.98. The number of hydrogen-bond donors (Lipinski definition) is 1. The number of methoxy groups -OCH3 is 1. The zero-order valence-electron chi connectivity index (χ0n) is 12.0. The molecule has 2 N–H and O–H groups in total. The van der Waals surface area contributed by atoms with Crippen molar-refractivity contribution >= 4 is 29.2 Å². The van der Waals surface area contributed by atoms with Crippen molar-refractivity contribution in [2.75, 3.05) is 19.4 Å². The van der Waals surface area contributed by atoms with Crippen LogP contribution in [0.2, 0.25) is 5.02 Å². The Hall–Kier alpha value is -1.75. The monoisotopic (exact) mass is 310 g/mol. The van der Waals surface area contributed by atoms with Crippen molar-refractivity contribution in [1.29, 1.82) is 0 Å². The number of piperidine rings is 1. The number of nitrogens with two attached hydrogens (primary N) is 1. The van der Waals surface area contributed by atoms with E-state index in [0.29, 0.717) is 22.8 Å². The van der Waals surface area contributed by atoms with Gasteiger partial charge in [-0.3, -0.25) is 9.59 Å². The van der Waals surface area contributed by atoms with Crippen LogP contribution in [-0.2, 0) is 9.53 Å². The summed E-state index contributed by atoms with van der Waals surface area (Å²) in [4.78, 5) is 25.8. The van der Waals surface area contributed by atoms with E-state index in [4.69, 9.17) is 22.1 Å². The molecule has 0 radical (unpaired) electrons. The molecular formula is C15H19ClN2O3. The first kappa shape index (κ1) is 15.6. The fourth-order valence-corrected chi connectivity index (χ4v) is 2.72. The van der Waals surface area contributed by atoms with E-state index in [0.717, 1.165) is 19.3 Å². The normalized spacial score (nSPS) is 18.4. The highest BCUT2D eigenvalue weighted by atomic mass is 35.5. The van der Waals surface area contributed by atoms with Gasteiger partial charge in [0.05, 0.1) is 24.2 Å². The Labute approximate surface area is 129 Å². The van der Waals surface area contributed by atoms with Gasteiger partial charge >= 0.3 is 5.97 Å². The van der Waals surface area contributed by atoms with Crippen molar-refractivity contribution in [3.63, 3.8) is 0 Å². The lowest BCUT2D eigenvalue weighted by Gasteiger charge is -2.35. The number of nitrogens with zero attached hydrogens (tertiary/aromatic N) is 1. The summed E-state index contributed by atoms with van der Waals surface area (Å²) in [6.45, 7) is 0.642. The highest BCUT2D eigenvalue weighted by Gasteiger charge is 2.29. The smallest absolute Gasteiger partial charge is 0.307 e. The van der Waals surface area contributed by atoms with Crippen molar-refractivity contribution in [2.24, 2.45) is 0 Å². The van der Waals surface area contributed by atoms with Crippen LogP contribution >= 0.6 is 11.6 Å². The molecule has 1 atom stereocenters. The van der Waals surface area contributed by atoms with Crippen molar-refractivity contribution in [2.45, 2.75) is 31.7 Å². The van der Waals surface area contributed by atoms with Crippen LogP contribution in [0.15, 0.2) is 18.2 Å². The van der Waals surface area contributed by atoms with Crippen molar-refractivity contribution in [3.8, 4) is 0 Å². The number of anilines is 1. The molecule has 0 bridgehead atoms. The molecular weight excluding hydrogens is 292 g/mol. The van der Waals surface area contributed by atoms with Gasteiger partial charge in [0.25, 0.3) is 5.91 Å². The summed E-state index contributed by atoms with van der Waals surface area (Å²) >= 11 is 5.88. The Morgan fingerprint density at radius 2 is 2.19 bits per heavy atom. The molecule has 0 spiro atoms. The summed E-state index contributed by atoms with van der Waals surface area (Å²) in [6, 6.07) is 4.73. The minimum absolute atomic E-state index is 0.115. The van der Waals surface area contributed by atoms with E-state index >= 15 is 0 Å². The summed E-state index contributed by atoms with van der Waals surface area (Å²) in [5.74, 6) is -0.415. The number of rotatable bonds is 3. The molecule has 0 saturated carbocycles. The van der Waals surface area contributed by atoms with E-state index in [1.54, 1.807) is 23.1 Å². The van der Waals surface area contributed by atoms with Crippen molar-refractivity contribution < 1.29 is 14.3 Å². The van der Waals surface area contributed by atoms with E-state index in [2.05, 4.69) is 0 Å². The third-order valence-corrected chi connectivity index (χ3v) is 4.11. The fourth-order valence-electron chi connectivity index (χ4n) is 2.60. The number of amides is 1. The van der Waals surface area contributed by atoms with Gasteiger partial charge in [-0.05, 0) is 37.5 Å². The minimum Gasteiger partial charge on any atom is -0.469 e. The Kier molecular flexibility index (Phi) is 5.07. The van der Waals surface area contributed by atoms with Crippen LogP contribution in [0.25, 0.3) is 0 Å². The molecule has 1 aromatic rings. The Morgan fingerprint density at radius 3 is 2.86 bits per heavy atom. The van der Waals surface area contributed by atoms with Gasteiger partial charge in [0.15, 0.2) is 0 Å². The number of halogens is 1. The van der Waals surface area contributed by atoms with E-state index < -0.39 is 0 Å². The second kappa shape index (κ2) is 6.80. The lowest BCUT2D eigenvalue weighted by atomic mass is 9.98.